The molecule has 21 heavy (non-hydrogen) atoms. The van der Waals surface area contributed by atoms with Crippen molar-refractivity contribution in [1.29, 1.82) is 0 Å². The van der Waals surface area contributed by atoms with Crippen LogP contribution in [-0.4, -0.2) is 6.54 Å². The third kappa shape index (κ3) is 5.79. The third-order valence-electron chi connectivity index (χ3n) is 2.63. The van der Waals surface area contributed by atoms with E-state index in [9.17, 15) is 26.3 Å². The number of hydrogen-bond donors (Lipinski definition) is 1. The lowest BCUT2D eigenvalue weighted by atomic mass is 10.0. The first-order chi connectivity index (χ1) is 9.50. The molecule has 0 saturated carbocycles. The van der Waals surface area contributed by atoms with Crippen molar-refractivity contribution < 1.29 is 26.3 Å². The Morgan fingerprint density at radius 3 is 1.81 bits per heavy atom. The van der Waals surface area contributed by atoms with E-state index in [1.807, 2.05) is 13.8 Å². The van der Waals surface area contributed by atoms with Crippen molar-refractivity contribution in [3.63, 3.8) is 0 Å². The predicted octanol–water partition coefficient (Wildman–Crippen LogP) is 4.78. The van der Waals surface area contributed by atoms with E-state index in [1.165, 1.54) is 0 Å². The van der Waals surface area contributed by atoms with Gasteiger partial charge in [0, 0.05) is 13.1 Å². The van der Waals surface area contributed by atoms with Crippen LogP contribution in [0.2, 0.25) is 0 Å². The summed E-state index contributed by atoms with van der Waals surface area (Å²) < 4.78 is 75.8. The Balaban J connectivity index is 3.00. The Bertz CT molecular complexity index is 477. The first-order valence-corrected chi connectivity index (χ1v) is 6.12. The van der Waals surface area contributed by atoms with Crippen LogP contribution in [0.3, 0.4) is 0 Å². The quantitative estimate of drug-likeness (QED) is 0.479. The molecule has 0 aliphatic carbocycles. The highest BCUT2D eigenvalue weighted by Gasteiger charge is 2.36. The van der Waals surface area contributed by atoms with E-state index in [-0.39, 0.29) is 18.2 Å². The van der Waals surface area contributed by atoms with Gasteiger partial charge in [-0.25, -0.2) is 0 Å². The van der Waals surface area contributed by atoms with E-state index in [1.54, 1.807) is 6.08 Å². The summed E-state index contributed by atoms with van der Waals surface area (Å²) in [5, 5.41) is 2.78. The average Bonchev–Trinajstić information content (AvgIpc) is 2.32. The zero-order valence-electron chi connectivity index (χ0n) is 11.5. The lowest BCUT2D eigenvalue weighted by Crippen LogP contribution is -2.16. The molecule has 0 saturated heterocycles. The summed E-state index contributed by atoms with van der Waals surface area (Å²) >= 11 is 0. The normalized spacial score (nSPS) is 12.4. The second kappa shape index (κ2) is 6.51. The van der Waals surface area contributed by atoms with Gasteiger partial charge in [0.15, 0.2) is 0 Å². The number of benzene rings is 1. The van der Waals surface area contributed by atoms with Crippen LogP contribution in [0.25, 0.3) is 0 Å². The molecular weight excluding hydrogens is 296 g/mol. The van der Waals surface area contributed by atoms with E-state index >= 15 is 0 Å². The maximum atomic E-state index is 12.6. The molecule has 0 radical (unpaired) electrons. The topological polar surface area (TPSA) is 12.0 Å². The molecule has 1 nitrogen and oxygen atoms in total. The summed E-state index contributed by atoms with van der Waals surface area (Å²) in [5.74, 6) is 0. The predicted molar refractivity (Wildman–Crippen MR) is 67.6 cm³/mol. The Morgan fingerprint density at radius 1 is 0.952 bits per heavy atom. The second-order valence-electron chi connectivity index (χ2n) is 4.83. The molecule has 0 amide bonds. The number of nitrogens with one attached hydrogen (secondary N) is 1. The van der Waals surface area contributed by atoms with Gasteiger partial charge in [-0.1, -0.05) is 11.6 Å². The average molecular weight is 311 g/mol. The van der Waals surface area contributed by atoms with Gasteiger partial charge in [0.25, 0.3) is 0 Å². The van der Waals surface area contributed by atoms with Gasteiger partial charge in [0.1, 0.15) is 0 Å². The number of alkyl halides is 6. The fourth-order valence-corrected chi connectivity index (χ4v) is 1.61. The smallest absolute Gasteiger partial charge is 0.309 e. The molecular formula is C14H15F6N. The van der Waals surface area contributed by atoms with Crippen molar-refractivity contribution in [3.05, 3.63) is 46.5 Å². The molecule has 7 heteroatoms. The van der Waals surface area contributed by atoms with Crippen molar-refractivity contribution in [1.82, 2.24) is 5.32 Å². The van der Waals surface area contributed by atoms with Crippen molar-refractivity contribution in [2.24, 2.45) is 0 Å². The van der Waals surface area contributed by atoms with Crippen LogP contribution in [0, 0.1) is 0 Å². The van der Waals surface area contributed by atoms with Crippen molar-refractivity contribution in [2.75, 3.05) is 6.54 Å². The number of allylic oxidation sites excluding steroid dienone is 1. The highest BCUT2D eigenvalue weighted by Crippen LogP contribution is 2.36. The van der Waals surface area contributed by atoms with Crippen LogP contribution in [0.5, 0.6) is 0 Å². The van der Waals surface area contributed by atoms with Gasteiger partial charge in [0.2, 0.25) is 0 Å². The summed E-state index contributed by atoms with van der Waals surface area (Å²) in [6.07, 6.45) is -7.83. The molecule has 1 rings (SSSR count). The summed E-state index contributed by atoms with van der Waals surface area (Å²) in [6, 6.07) is 1.58. The molecule has 0 atom stereocenters. The Labute approximate surface area is 118 Å². The van der Waals surface area contributed by atoms with Crippen LogP contribution < -0.4 is 5.32 Å². The van der Waals surface area contributed by atoms with Gasteiger partial charge in [0.05, 0.1) is 11.1 Å². The van der Waals surface area contributed by atoms with E-state index in [0.29, 0.717) is 6.54 Å². The molecule has 0 spiro atoms. The van der Waals surface area contributed by atoms with Gasteiger partial charge in [-0.15, -0.1) is 0 Å². The Hall–Kier alpha value is -1.50. The maximum absolute atomic E-state index is 12.6. The van der Waals surface area contributed by atoms with Gasteiger partial charge in [-0.05, 0) is 37.6 Å². The highest BCUT2D eigenvalue weighted by molar-refractivity contribution is 5.33. The minimum Gasteiger partial charge on any atom is -0.309 e. The molecule has 0 aliphatic heterocycles. The lowest BCUT2D eigenvalue weighted by molar-refractivity contribution is -0.143. The Kier molecular flexibility index (Phi) is 5.44. The summed E-state index contributed by atoms with van der Waals surface area (Å²) in [6.45, 7) is 3.98. The molecule has 1 aromatic carbocycles. The van der Waals surface area contributed by atoms with Crippen LogP contribution in [-0.2, 0) is 18.9 Å². The van der Waals surface area contributed by atoms with Gasteiger partial charge in [-0.2, -0.15) is 26.3 Å². The SMILES string of the molecule is CC(C)=CCNCc1cc(C(F)(F)F)cc(C(F)(F)F)c1. The second-order valence-corrected chi connectivity index (χ2v) is 4.83. The molecule has 0 fully saturated rings. The van der Waals surface area contributed by atoms with Crippen LogP contribution in [0.15, 0.2) is 29.8 Å². The van der Waals surface area contributed by atoms with Gasteiger partial charge in [-0.3, -0.25) is 0 Å². The van der Waals surface area contributed by atoms with Crippen LogP contribution in [0.4, 0.5) is 26.3 Å². The van der Waals surface area contributed by atoms with Crippen molar-refractivity contribution >= 4 is 0 Å². The summed E-state index contributed by atoms with van der Waals surface area (Å²) in [5.41, 5.74) is -1.64. The van der Waals surface area contributed by atoms with Crippen molar-refractivity contribution in [2.45, 2.75) is 32.7 Å². The molecule has 1 N–H and O–H groups in total. The maximum Gasteiger partial charge on any atom is 0.416 e. The molecule has 0 aliphatic rings. The molecule has 1 aromatic rings. The molecule has 0 bridgehead atoms. The fraction of sp³-hybridized carbons (Fsp3) is 0.429. The number of hydrogen-bond acceptors (Lipinski definition) is 1. The first kappa shape index (κ1) is 17.6. The van der Waals surface area contributed by atoms with Gasteiger partial charge < -0.3 is 5.32 Å². The summed E-state index contributed by atoms with van der Waals surface area (Å²) in [7, 11) is 0. The van der Waals surface area contributed by atoms with E-state index in [4.69, 9.17) is 0 Å². The highest BCUT2D eigenvalue weighted by atomic mass is 19.4. The number of halogens is 6. The zero-order chi connectivity index (χ0) is 16.3. The molecule has 0 heterocycles. The summed E-state index contributed by atoms with van der Waals surface area (Å²) in [4.78, 5) is 0. The minimum atomic E-state index is -4.81. The molecule has 0 aromatic heterocycles. The van der Waals surface area contributed by atoms with Crippen molar-refractivity contribution in [3.8, 4) is 0 Å². The minimum absolute atomic E-state index is 0.0562. The molecule has 118 valence electrons. The fourth-order valence-electron chi connectivity index (χ4n) is 1.61. The molecule has 0 unspecified atom stereocenters. The largest absolute Gasteiger partial charge is 0.416 e. The number of rotatable bonds is 4. The van der Waals surface area contributed by atoms with Gasteiger partial charge >= 0.3 is 12.4 Å². The monoisotopic (exact) mass is 311 g/mol. The van der Waals surface area contributed by atoms with E-state index in [0.717, 1.165) is 17.7 Å². The first-order valence-electron chi connectivity index (χ1n) is 6.12. The van der Waals surface area contributed by atoms with Crippen LogP contribution >= 0.6 is 0 Å². The van der Waals surface area contributed by atoms with E-state index < -0.39 is 23.5 Å². The standard InChI is InChI=1S/C14H15F6N/c1-9(2)3-4-21-8-10-5-11(13(15,16)17)7-12(6-10)14(18,19)20/h3,5-7,21H,4,8H2,1-2H3. The van der Waals surface area contributed by atoms with Crippen LogP contribution in [0.1, 0.15) is 30.5 Å². The lowest BCUT2D eigenvalue weighted by Gasteiger charge is -2.14. The van der Waals surface area contributed by atoms with E-state index in [2.05, 4.69) is 5.32 Å². The zero-order valence-corrected chi connectivity index (χ0v) is 11.5. The Morgan fingerprint density at radius 2 is 1.43 bits per heavy atom. The third-order valence-corrected chi connectivity index (χ3v) is 2.63.